The van der Waals surface area contributed by atoms with Crippen LogP contribution in [0.15, 0.2) is 12.2 Å². The van der Waals surface area contributed by atoms with Crippen molar-refractivity contribution in [2.75, 3.05) is 13.1 Å². The monoisotopic (exact) mass is 207 g/mol. The van der Waals surface area contributed by atoms with Gasteiger partial charge in [-0.2, -0.15) is 0 Å². The van der Waals surface area contributed by atoms with Gasteiger partial charge < -0.3 is 4.90 Å². The van der Waals surface area contributed by atoms with Crippen LogP contribution < -0.4 is 0 Å². The zero-order chi connectivity index (χ0) is 10.7. The summed E-state index contributed by atoms with van der Waals surface area (Å²) in [5.74, 6) is 0.330. The van der Waals surface area contributed by atoms with Gasteiger partial charge in [0.25, 0.3) is 0 Å². The topological polar surface area (TPSA) is 20.3 Å². The first-order valence-corrected chi connectivity index (χ1v) is 6.18. The molecule has 1 aliphatic carbocycles. The maximum absolute atomic E-state index is 11.6. The van der Waals surface area contributed by atoms with Gasteiger partial charge in [0.1, 0.15) is 0 Å². The third kappa shape index (κ3) is 2.24. The van der Waals surface area contributed by atoms with Crippen molar-refractivity contribution >= 4 is 5.91 Å². The molecule has 1 aliphatic heterocycles. The number of rotatable bonds is 1. The highest BCUT2D eigenvalue weighted by Gasteiger charge is 2.34. The SMILES string of the molecule is CCC(=O)N1CCC2(CC=CCC2)CC1. The van der Waals surface area contributed by atoms with Crippen molar-refractivity contribution in [2.24, 2.45) is 5.41 Å². The molecule has 0 unspecified atom stereocenters. The van der Waals surface area contributed by atoms with E-state index < -0.39 is 0 Å². The molecule has 84 valence electrons. The van der Waals surface area contributed by atoms with Gasteiger partial charge in [-0.3, -0.25) is 4.79 Å². The highest BCUT2D eigenvalue weighted by atomic mass is 16.2. The van der Waals surface area contributed by atoms with Crippen LogP contribution in [-0.2, 0) is 4.79 Å². The molecule has 1 amide bonds. The Kier molecular flexibility index (Phi) is 3.13. The maximum Gasteiger partial charge on any atom is 0.222 e. The Bertz CT molecular complexity index is 262. The second-order valence-corrected chi connectivity index (χ2v) is 4.95. The third-order valence-corrected chi connectivity index (χ3v) is 4.04. The minimum atomic E-state index is 0.330. The first kappa shape index (κ1) is 10.7. The molecule has 2 rings (SSSR count). The molecule has 0 aromatic carbocycles. The molecule has 0 aromatic heterocycles. The lowest BCUT2D eigenvalue weighted by Crippen LogP contribution is -2.43. The molecule has 0 aromatic rings. The highest BCUT2D eigenvalue weighted by molar-refractivity contribution is 5.75. The molecule has 0 bridgehead atoms. The van der Waals surface area contributed by atoms with Crippen LogP contribution in [0, 0.1) is 5.41 Å². The number of hydrogen-bond acceptors (Lipinski definition) is 1. The van der Waals surface area contributed by atoms with Crippen LogP contribution in [0.5, 0.6) is 0 Å². The molecule has 2 nitrogen and oxygen atoms in total. The lowest BCUT2D eigenvalue weighted by atomic mass is 9.70. The van der Waals surface area contributed by atoms with Crippen molar-refractivity contribution in [2.45, 2.75) is 45.4 Å². The van der Waals surface area contributed by atoms with E-state index in [0.29, 0.717) is 17.7 Å². The fraction of sp³-hybridized carbons (Fsp3) is 0.769. The predicted molar refractivity (Wildman–Crippen MR) is 61.5 cm³/mol. The largest absolute Gasteiger partial charge is 0.343 e. The van der Waals surface area contributed by atoms with E-state index in [1.165, 1.54) is 32.1 Å². The highest BCUT2D eigenvalue weighted by Crippen LogP contribution is 2.42. The second-order valence-electron chi connectivity index (χ2n) is 4.95. The number of carbonyl (C=O) groups excluding carboxylic acids is 1. The molecular weight excluding hydrogens is 186 g/mol. The Morgan fingerprint density at radius 2 is 2.00 bits per heavy atom. The predicted octanol–water partition coefficient (Wildman–Crippen LogP) is 2.75. The van der Waals surface area contributed by atoms with Crippen LogP contribution in [0.25, 0.3) is 0 Å². The third-order valence-electron chi connectivity index (χ3n) is 4.04. The van der Waals surface area contributed by atoms with Crippen molar-refractivity contribution < 1.29 is 4.79 Å². The molecule has 1 heterocycles. The van der Waals surface area contributed by atoms with Gasteiger partial charge >= 0.3 is 0 Å². The molecule has 0 saturated carbocycles. The summed E-state index contributed by atoms with van der Waals surface area (Å²) in [5, 5.41) is 0. The first-order chi connectivity index (χ1) is 7.26. The smallest absolute Gasteiger partial charge is 0.222 e. The number of hydrogen-bond donors (Lipinski definition) is 0. The van der Waals surface area contributed by atoms with Gasteiger partial charge in [0.2, 0.25) is 5.91 Å². The fourth-order valence-corrected chi connectivity index (χ4v) is 2.85. The Balaban J connectivity index is 1.91. The van der Waals surface area contributed by atoms with Crippen molar-refractivity contribution in [1.29, 1.82) is 0 Å². The first-order valence-electron chi connectivity index (χ1n) is 6.18. The van der Waals surface area contributed by atoms with Crippen molar-refractivity contribution in [1.82, 2.24) is 4.90 Å². The zero-order valence-electron chi connectivity index (χ0n) is 9.67. The van der Waals surface area contributed by atoms with Crippen LogP contribution in [0.2, 0.25) is 0 Å². The van der Waals surface area contributed by atoms with E-state index in [2.05, 4.69) is 12.2 Å². The number of likely N-dealkylation sites (tertiary alicyclic amines) is 1. The van der Waals surface area contributed by atoms with Crippen LogP contribution in [0.4, 0.5) is 0 Å². The van der Waals surface area contributed by atoms with Crippen molar-refractivity contribution in [3.8, 4) is 0 Å². The van der Waals surface area contributed by atoms with E-state index in [0.717, 1.165) is 13.1 Å². The molecule has 2 heteroatoms. The average molecular weight is 207 g/mol. The van der Waals surface area contributed by atoms with Gasteiger partial charge in [-0.15, -0.1) is 0 Å². The second kappa shape index (κ2) is 4.38. The molecular formula is C13H21NO. The van der Waals surface area contributed by atoms with Gasteiger partial charge in [0, 0.05) is 19.5 Å². The van der Waals surface area contributed by atoms with Gasteiger partial charge in [-0.1, -0.05) is 19.1 Å². The Labute approximate surface area is 92.3 Å². The average Bonchev–Trinajstić information content (AvgIpc) is 2.30. The fourth-order valence-electron chi connectivity index (χ4n) is 2.85. The summed E-state index contributed by atoms with van der Waals surface area (Å²) in [7, 11) is 0. The van der Waals surface area contributed by atoms with E-state index in [4.69, 9.17) is 0 Å². The summed E-state index contributed by atoms with van der Waals surface area (Å²) >= 11 is 0. The van der Waals surface area contributed by atoms with E-state index in [-0.39, 0.29) is 0 Å². The van der Waals surface area contributed by atoms with Crippen molar-refractivity contribution in [3.05, 3.63) is 12.2 Å². The zero-order valence-corrected chi connectivity index (χ0v) is 9.67. The molecule has 0 radical (unpaired) electrons. The Morgan fingerprint density at radius 1 is 1.27 bits per heavy atom. The minimum absolute atomic E-state index is 0.330. The summed E-state index contributed by atoms with van der Waals surface area (Å²) in [6.07, 6.45) is 11.5. The van der Waals surface area contributed by atoms with Crippen LogP contribution in [0.1, 0.15) is 45.4 Å². The summed E-state index contributed by atoms with van der Waals surface area (Å²) in [6.45, 7) is 3.93. The maximum atomic E-state index is 11.6. The van der Waals surface area contributed by atoms with Gasteiger partial charge in [-0.05, 0) is 37.5 Å². The van der Waals surface area contributed by atoms with Gasteiger partial charge in [0.05, 0.1) is 0 Å². The van der Waals surface area contributed by atoms with E-state index >= 15 is 0 Å². The molecule has 1 spiro atoms. The molecule has 1 saturated heterocycles. The summed E-state index contributed by atoms with van der Waals surface area (Å²) < 4.78 is 0. The number of allylic oxidation sites excluding steroid dienone is 2. The van der Waals surface area contributed by atoms with E-state index in [1.807, 2.05) is 11.8 Å². The normalized spacial score (nSPS) is 24.5. The Hall–Kier alpha value is -0.790. The number of piperidine rings is 1. The summed E-state index contributed by atoms with van der Waals surface area (Å²) in [6, 6.07) is 0. The standard InChI is InChI=1S/C13H21NO/c1-2-12(15)14-10-8-13(9-11-14)6-4-3-5-7-13/h3-4H,2,5-11H2,1H3. The van der Waals surface area contributed by atoms with Gasteiger partial charge in [0.15, 0.2) is 0 Å². The van der Waals surface area contributed by atoms with E-state index in [9.17, 15) is 4.79 Å². The molecule has 15 heavy (non-hydrogen) atoms. The van der Waals surface area contributed by atoms with Gasteiger partial charge in [-0.25, -0.2) is 0 Å². The van der Waals surface area contributed by atoms with Crippen LogP contribution >= 0.6 is 0 Å². The lowest BCUT2D eigenvalue weighted by Gasteiger charge is -2.42. The summed E-state index contributed by atoms with van der Waals surface area (Å²) in [5.41, 5.74) is 0.541. The van der Waals surface area contributed by atoms with Crippen LogP contribution in [0.3, 0.4) is 0 Å². The summed E-state index contributed by atoms with van der Waals surface area (Å²) in [4.78, 5) is 13.6. The number of nitrogens with zero attached hydrogens (tertiary/aromatic N) is 1. The molecule has 0 N–H and O–H groups in total. The molecule has 2 aliphatic rings. The minimum Gasteiger partial charge on any atom is -0.343 e. The quantitative estimate of drug-likeness (QED) is 0.605. The lowest BCUT2D eigenvalue weighted by molar-refractivity contribution is -0.133. The van der Waals surface area contributed by atoms with Crippen molar-refractivity contribution in [3.63, 3.8) is 0 Å². The molecule has 0 atom stereocenters. The Morgan fingerprint density at radius 3 is 2.53 bits per heavy atom. The van der Waals surface area contributed by atoms with Crippen LogP contribution in [-0.4, -0.2) is 23.9 Å². The molecule has 1 fully saturated rings. The number of carbonyl (C=O) groups is 1. The van der Waals surface area contributed by atoms with E-state index in [1.54, 1.807) is 0 Å². The number of amides is 1.